The van der Waals surface area contributed by atoms with Gasteiger partial charge in [-0.05, 0) is 55.3 Å². The van der Waals surface area contributed by atoms with Gasteiger partial charge in [0.25, 0.3) is 5.91 Å². The Morgan fingerprint density at radius 1 is 1.02 bits per heavy atom. The molecular weight excluding hydrogens is 591 g/mol. The fraction of sp³-hybridized carbons (Fsp3) is 0.618. The largest absolute Gasteiger partial charge is 0.364 e. The number of hydrogen-bond donors (Lipinski definition) is 3. The first-order valence-electron chi connectivity index (χ1n) is 16.5. The van der Waals surface area contributed by atoms with Crippen LogP contribution in [0, 0.1) is 17.7 Å². The lowest BCUT2D eigenvalue weighted by molar-refractivity contribution is -0.138. The molecule has 1 aromatic heterocycles. The van der Waals surface area contributed by atoms with Gasteiger partial charge in [0.15, 0.2) is 0 Å². The third-order valence-electron chi connectivity index (χ3n) is 9.49. The molecule has 2 aromatic rings. The number of benzene rings is 1. The van der Waals surface area contributed by atoms with Crippen LogP contribution in [0.15, 0.2) is 29.0 Å². The molecule has 3 atom stereocenters. The molecule has 4 amide bonds. The monoisotopic (exact) mass is 640 g/mol. The van der Waals surface area contributed by atoms with Gasteiger partial charge in [-0.2, -0.15) is 0 Å². The number of halogens is 1. The zero-order valence-electron chi connectivity index (χ0n) is 27.9. The predicted octanol–water partition coefficient (Wildman–Crippen LogP) is 4.27. The number of likely N-dealkylation sites (N-methyl/N-ethyl adjacent to an activating group) is 1. The quantitative estimate of drug-likeness (QED) is 0.334. The lowest BCUT2D eigenvalue weighted by Gasteiger charge is -2.36. The molecule has 1 aliphatic carbocycles. The van der Waals surface area contributed by atoms with Gasteiger partial charge < -0.3 is 30.3 Å². The van der Waals surface area contributed by atoms with Crippen LogP contribution in [0.4, 0.5) is 10.1 Å². The van der Waals surface area contributed by atoms with Crippen molar-refractivity contribution in [1.29, 1.82) is 0 Å². The van der Waals surface area contributed by atoms with E-state index < -0.39 is 35.6 Å². The summed E-state index contributed by atoms with van der Waals surface area (Å²) in [7, 11) is 2.00. The number of rotatable bonds is 11. The summed E-state index contributed by atoms with van der Waals surface area (Å²) in [5.41, 5.74) is 1.26. The van der Waals surface area contributed by atoms with Gasteiger partial charge in [0.2, 0.25) is 17.7 Å². The fourth-order valence-electron chi connectivity index (χ4n) is 6.29. The zero-order valence-corrected chi connectivity index (χ0v) is 27.9. The van der Waals surface area contributed by atoms with Gasteiger partial charge in [0.1, 0.15) is 29.7 Å². The molecule has 1 aromatic carbocycles. The Hall–Kier alpha value is -3.80. The number of carbonyl (C=O) groups excluding carboxylic acids is 4. The first kappa shape index (κ1) is 35.1. The maximum Gasteiger partial charge on any atom is 0.257 e. The molecule has 46 heavy (non-hydrogen) atoms. The minimum Gasteiger partial charge on any atom is -0.364 e. The maximum absolute atomic E-state index is 15.6. The minimum absolute atomic E-state index is 0.0308. The van der Waals surface area contributed by atoms with Crippen LogP contribution in [-0.2, 0) is 14.4 Å². The van der Waals surface area contributed by atoms with E-state index in [1.807, 2.05) is 20.9 Å². The standard InChI is InChI=1S/C34H49FN6O5/c1-7-28(42)37-30(34(45)41-16-14-40(6)15-17-41)22(5)24-12-13-27(26(35)18-24)36-33(44)31(23-10-8-21(4)9-11-23)38-32(43)25-19-46-39-29(25)20(2)3/h12-13,18-23,30-31H,7-11,14-17H2,1-6H3,(H,36,44)(H,37,42)(H,38,43)/t21?,22-,23?,30+,31-/m0/s1. The van der Waals surface area contributed by atoms with Gasteiger partial charge in [-0.3, -0.25) is 19.2 Å². The van der Waals surface area contributed by atoms with Gasteiger partial charge in [-0.25, -0.2) is 4.39 Å². The lowest BCUT2D eigenvalue weighted by atomic mass is 9.79. The average Bonchev–Trinajstić information content (AvgIpc) is 3.54. The molecule has 12 heteroatoms. The molecule has 1 saturated carbocycles. The number of carbonyl (C=O) groups is 4. The highest BCUT2D eigenvalue weighted by Gasteiger charge is 2.35. The Morgan fingerprint density at radius 2 is 1.70 bits per heavy atom. The van der Waals surface area contributed by atoms with Crippen molar-refractivity contribution in [2.75, 3.05) is 38.5 Å². The highest BCUT2D eigenvalue weighted by molar-refractivity contribution is 6.01. The van der Waals surface area contributed by atoms with Crippen LogP contribution in [0.2, 0.25) is 0 Å². The molecule has 0 spiro atoms. The Bertz CT molecular complexity index is 1380. The molecule has 252 valence electrons. The van der Waals surface area contributed by atoms with Crippen LogP contribution in [-0.4, -0.2) is 83.9 Å². The van der Waals surface area contributed by atoms with E-state index >= 15 is 4.39 Å². The topological polar surface area (TPSA) is 137 Å². The average molecular weight is 641 g/mol. The highest BCUT2D eigenvalue weighted by atomic mass is 19.1. The molecule has 2 heterocycles. The number of aromatic nitrogens is 1. The minimum atomic E-state index is -0.886. The van der Waals surface area contributed by atoms with Gasteiger partial charge in [-0.15, -0.1) is 0 Å². The van der Waals surface area contributed by atoms with E-state index in [1.54, 1.807) is 24.8 Å². The second-order valence-corrected chi connectivity index (χ2v) is 13.3. The second-order valence-electron chi connectivity index (χ2n) is 13.3. The van der Waals surface area contributed by atoms with Crippen molar-refractivity contribution in [3.63, 3.8) is 0 Å². The number of hydrogen-bond acceptors (Lipinski definition) is 7. The van der Waals surface area contributed by atoms with Crippen LogP contribution in [0.1, 0.15) is 100 Å². The Kier molecular flexibility index (Phi) is 11.9. The molecule has 1 saturated heterocycles. The molecule has 2 aliphatic rings. The number of amides is 4. The maximum atomic E-state index is 15.6. The van der Waals surface area contributed by atoms with Gasteiger partial charge in [-0.1, -0.05) is 58.7 Å². The van der Waals surface area contributed by atoms with Crippen molar-refractivity contribution in [2.24, 2.45) is 11.8 Å². The predicted molar refractivity (Wildman–Crippen MR) is 173 cm³/mol. The van der Waals surface area contributed by atoms with Crippen LogP contribution in [0.3, 0.4) is 0 Å². The smallest absolute Gasteiger partial charge is 0.257 e. The van der Waals surface area contributed by atoms with E-state index in [-0.39, 0.29) is 41.3 Å². The van der Waals surface area contributed by atoms with Crippen molar-refractivity contribution >= 4 is 29.3 Å². The van der Waals surface area contributed by atoms with E-state index in [9.17, 15) is 19.2 Å². The summed E-state index contributed by atoms with van der Waals surface area (Å²) in [6.45, 7) is 12.0. The van der Waals surface area contributed by atoms with Gasteiger partial charge >= 0.3 is 0 Å². The zero-order chi connectivity index (χ0) is 33.5. The first-order chi connectivity index (χ1) is 21.9. The Balaban J connectivity index is 1.52. The van der Waals surface area contributed by atoms with Crippen LogP contribution in [0.25, 0.3) is 0 Å². The molecule has 2 fully saturated rings. The number of anilines is 1. The van der Waals surface area contributed by atoms with Crippen molar-refractivity contribution < 1.29 is 28.1 Å². The Labute approximate surface area is 271 Å². The van der Waals surface area contributed by atoms with Gasteiger partial charge in [0.05, 0.1) is 11.4 Å². The summed E-state index contributed by atoms with van der Waals surface area (Å²) in [4.78, 5) is 56.8. The molecule has 1 aliphatic heterocycles. The van der Waals surface area contributed by atoms with Crippen LogP contribution in [0.5, 0.6) is 0 Å². The normalized spacial score (nSPS) is 20.9. The SMILES string of the molecule is CCC(=O)N[C@@H](C(=O)N1CCN(C)CC1)[C@@H](C)c1ccc(NC(=O)[C@@H](NC(=O)c2conc2C(C)C)C2CCC(C)CC2)c(F)c1. The summed E-state index contributed by atoms with van der Waals surface area (Å²) in [5.74, 6) is -2.27. The van der Waals surface area contributed by atoms with Crippen LogP contribution >= 0.6 is 0 Å². The molecular formula is C34H49FN6O5. The summed E-state index contributed by atoms with van der Waals surface area (Å²) < 4.78 is 20.7. The van der Waals surface area contributed by atoms with E-state index in [0.717, 1.165) is 38.8 Å². The van der Waals surface area contributed by atoms with Crippen molar-refractivity contribution in [2.45, 2.75) is 90.6 Å². The number of nitrogens with one attached hydrogen (secondary N) is 3. The summed E-state index contributed by atoms with van der Waals surface area (Å²) in [5, 5.41) is 12.4. The summed E-state index contributed by atoms with van der Waals surface area (Å²) in [6, 6.07) is 2.68. The molecule has 3 N–H and O–H groups in total. The van der Waals surface area contributed by atoms with Crippen LogP contribution < -0.4 is 16.0 Å². The second kappa shape index (κ2) is 15.7. The highest BCUT2D eigenvalue weighted by Crippen LogP contribution is 2.32. The van der Waals surface area contributed by atoms with E-state index in [4.69, 9.17) is 4.52 Å². The fourth-order valence-corrected chi connectivity index (χ4v) is 6.29. The third-order valence-corrected chi connectivity index (χ3v) is 9.49. The lowest BCUT2D eigenvalue weighted by Crippen LogP contribution is -2.55. The molecule has 11 nitrogen and oxygen atoms in total. The Morgan fingerprint density at radius 3 is 2.30 bits per heavy atom. The van der Waals surface area contributed by atoms with Gasteiger partial charge in [0, 0.05) is 38.5 Å². The van der Waals surface area contributed by atoms with E-state index in [0.29, 0.717) is 30.3 Å². The number of nitrogens with zero attached hydrogens (tertiary/aromatic N) is 3. The molecule has 4 rings (SSSR count). The van der Waals surface area contributed by atoms with Crippen molar-refractivity contribution in [3.05, 3.63) is 47.1 Å². The van der Waals surface area contributed by atoms with Crippen molar-refractivity contribution in [1.82, 2.24) is 25.6 Å². The summed E-state index contributed by atoms with van der Waals surface area (Å²) >= 11 is 0. The third kappa shape index (κ3) is 8.51. The number of piperazine rings is 1. The molecule has 0 radical (unpaired) electrons. The van der Waals surface area contributed by atoms with E-state index in [1.165, 1.54) is 18.4 Å². The molecule has 0 unspecified atom stereocenters. The van der Waals surface area contributed by atoms with Crippen molar-refractivity contribution in [3.8, 4) is 0 Å². The van der Waals surface area contributed by atoms with E-state index in [2.05, 4.69) is 32.9 Å². The molecule has 0 bridgehead atoms. The summed E-state index contributed by atoms with van der Waals surface area (Å²) in [6.07, 6.45) is 4.87. The first-order valence-corrected chi connectivity index (χ1v) is 16.5.